The third-order valence-corrected chi connectivity index (χ3v) is 3.55. The minimum absolute atomic E-state index is 0.0469. The summed E-state index contributed by atoms with van der Waals surface area (Å²) in [7, 11) is 1.29. The Morgan fingerprint density at radius 1 is 1.38 bits per heavy atom. The van der Waals surface area contributed by atoms with Crippen LogP contribution in [0.25, 0.3) is 0 Å². The van der Waals surface area contributed by atoms with Gasteiger partial charge in [0.1, 0.15) is 6.04 Å². The Morgan fingerprint density at radius 3 is 2.62 bits per heavy atom. The van der Waals surface area contributed by atoms with Gasteiger partial charge in [-0.2, -0.15) is 0 Å². The van der Waals surface area contributed by atoms with Crippen molar-refractivity contribution >= 4 is 11.9 Å². The molecule has 2 heterocycles. The highest BCUT2D eigenvalue weighted by atomic mass is 16.5. The summed E-state index contributed by atoms with van der Waals surface area (Å²) < 4.78 is 11.4. The molecule has 1 aromatic heterocycles. The van der Waals surface area contributed by atoms with E-state index in [1.165, 1.54) is 11.8 Å². The molecule has 1 aliphatic rings. The lowest BCUT2D eigenvalue weighted by Gasteiger charge is -2.29. The Morgan fingerprint density at radius 2 is 2.05 bits per heavy atom. The number of aromatic nitrogens is 3. The fraction of sp³-hybridized carbons (Fsp3) is 0.692. The van der Waals surface area contributed by atoms with E-state index in [0.29, 0.717) is 38.4 Å². The molecular weight excluding hydrogens is 276 g/mol. The van der Waals surface area contributed by atoms with Crippen molar-refractivity contribution in [1.29, 1.82) is 0 Å². The molecule has 116 valence electrons. The largest absolute Gasteiger partial charge is 0.464 e. The van der Waals surface area contributed by atoms with Crippen molar-refractivity contribution in [3.63, 3.8) is 0 Å². The van der Waals surface area contributed by atoms with Crippen LogP contribution in [0.1, 0.15) is 36.1 Å². The molecule has 0 bridgehead atoms. The summed E-state index contributed by atoms with van der Waals surface area (Å²) in [5, 5.41) is 7.81. The fourth-order valence-electron chi connectivity index (χ4n) is 2.36. The predicted octanol–water partition coefficient (Wildman–Crippen LogP) is 0.0469. The monoisotopic (exact) mass is 296 g/mol. The Labute approximate surface area is 123 Å². The Balaban J connectivity index is 2.22. The molecule has 8 nitrogen and oxygen atoms in total. The molecule has 8 heteroatoms. The van der Waals surface area contributed by atoms with Crippen molar-refractivity contribution in [3.8, 4) is 0 Å². The first-order chi connectivity index (χ1) is 10.1. The number of amides is 1. The van der Waals surface area contributed by atoms with Gasteiger partial charge in [-0.25, -0.2) is 9.48 Å². The van der Waals surface area contributed by atoms with Crippen molar-refractivity contribution in [3.05, 3.63) is 11.4 Å². The van der Waals surface area contributed by atoms with Gasteiger partial charge in [0.15, 0.2) is 5.69 Å². The maximum atomic E-state index is 12.5. The third-order valence-electron chi connectivity index (χ3n) is 3.55. The van der Waals surface area contributed by atoms with Gasteiger partial charge in [0.25, 0.3) is 0 Å². The predicted molar refractivity (Wildman–Crippen MR) is 72.8 cm³/mol. The van der Waals surface area contributed by atoms with Gasteiger partial charge in [0.2, 0.25) is 5.91 Å². The Kier molecular flexibility index (Phi) is 4.89. The van der Waals surface area contributed by atoms with Crippen LogP contribution >= 0.6 is 0 Å². The standard InChI is InChI=1S/C13H20N4O4/c1-4-10-11(13(19)20-3)14-15-17(10)9(2)12(18)16-5-7-21-8-6-16/h9H,4-8H2,1-3H3. The first-order valence-electron chi connectivity index (χ1n) is 6.99. The van der Waals surface area contributed by atoms with E-state index in [0.717, 1.165) is 0 Å². The van der Waals surface area contributed by atoms with E-state index in [1.807, 2.05) is 6.92 Å². The van der Waals surface area contributed by atoms with Gasteiger partial charge in [-0.05, 0) is 13.3 Å². The molecule has 1 saturated heterocycles. The van der Waals surface area contributed by atoms with E-state index >= 15 is 0 Å². The van der Waals surface area contributed by atoms with Gasteiger partial charge in [0.05, 0.1) is 26.0 Å². The summed E-state index contributed by atoms with van der Waals surface area (Å²) in [5.41, 5.74) is 0.776. The summed E-state index contributed by atoms with van der Waals surface area (Å²) in [6.45, 7) is 5.88. The summed E-state index contributed by atoms with van der Waals surface area (Å²) in [6.07, 6.45) is 0.540. The molecule has 0 aliphatic carbocycles. The molecule has 0 saturated carbocycles. The highest BCUT2D eigenvalue weighted by Crippen LogP contribution is 2.16. The zero-order valence-corrected chi connectivity index (χ0v) is 12.5. The number of morpholine rings is 1. The maximum absolute atomic E-state index is 12.5. The number of nitrogens with zero attached hydrogens (tertiary/aromatic N) is 4. The van der Waals surface area contributed by atoms with Gasteiger partial charge in [-0.1, -0.05) is 12.1 Å². The van der Waals surface area contributed by atoms with Crippen LogP contribution in [0.4, 0.5) is 0 Å². The first kappa shape index (κ1) is 15.4. The van der Waals surface area contributed by atoms with E-state index in [4.69, 9.17) is 4.74 Å². The molecule has 1 amide bonds. The van der Waals surface area contributed by atoms with Crippen LogP contribution in [0, 0.1) is 0 Å². The maximum Gasteiger partial charge on any atom is 0.360 e. The number of hydrogen-bond acceptors (Lipinski definition) is 6. The van der Waals surface area contributed by atoms with Crippen molar-refractivity contribution in [2.75, 3.05) is 33.4 Å². The molecule has 1 unspecified atom stereocenters. The van der Waals surface area contributed by atoms with Crippen LogP contribution in [-0.2, 0) is 20.7 Å². The first-order valence-corrected chi connectivity index (χ1v) is 6.99. The van der Waals surface area contributed by atoms with Gasteiger partial charge >= 0.3 is 5.97 Å². The van der Waals surface area contributed by atoms with E-state index in [9.17, 15) is 9.59 Å². The van der Waals surface area contributed by atoms with Crippen molar-refractivity contribution < 1.29 is 19.1 Å². The average Bonchev–Trinajstić information content (AvgIpc) is 2.97. The number of ether oxygens (including phenoxy) is 2. The van der Waals surface area contributed by atoms with Crippen molar-refractivity contribution in [2.24, 2.45) is 0 Å². The normalized spacial score (nSPS) is 16.6. The molecule has 21 heavy (non-hydrogen) atoms. The van der Waals surface area contributed by atoms with Crippen molar-refractivity contribution in [1.82, 2.24) is 19.9 Å². The molecule has 1 aliphatic heterocycles. The summed E-state index contributed by atoms with van der Waals surface area (Å²) in [4.78, 5) is 25.9. The summed E-state index contributed by atoms with van der Waals surface area (Å²) >= 11 is 0. The van der Waals surface area contributed by atoms with Crippen LogP contribution in [0.5, 0.6) is 0 Å². The van der Waals surface area contributed by atoms with Gasteiger partial charge in [0, 0.05) is 13.1 Å². The zero-order chi connectivity index (χ0) is 15.4. The van der Waals surface area contributed by atoms with E-state index in [-0.39, 0.29) is 11.6 Å². The van der Waals surface area contributed by atoms with Crippen LogP contribution in [0.3, 0.4) is 0 Å². The fourth-order valence-corrected chi connectivity index (χ4v) is 2.36. The highest BCUT2D eigenvalue weighted by Gasteiger charge is 2.28. The third kappa shape index (κ3) is 3.05. The molecule has 0 N–H and O–H groups in total. The number of methoxy groups -OCH3 is 1. The lowest BCUT2D eigenvalue weighted by molar-refractivity contribution is -0.138. The van der Waals surface area contributed by atoms with Crippen LogP contribution in [0.15, 0.2) is 0 Å². The number of carbonyl (C=O) groups is 2. The van der Waals surface area contributed by atoms with Gasteiger partial charge in [-0.3, -0.25) is 4.79 Å². The molecule has 1 aromatic rings. The highest BCUT2D eigenvalue weighted by molar-refractivity contribution is 5.88. The summed E-state index contributed by atoms with van der Waals surface area (Å²) in [5.74, 6) is -0.585. The molecule has 2 rings (SSSR count). The second-order valence-electron chi connectivity index (χ2n) is 4.79. The van der Waals surface area contributed by atoms with Crippen LogP contribution in [0.2, 0.25) is 0 Å². The molecule has 0 aromatic carbocycles. The molecule has 1 fully saturated rings. The lowest BCUT2D eigenvalue weighted by atomic mass is 10.2. The smallest absolute Gasteiger partial charge is 0.360 e. The van der Waals surface area contributed by atoms with E-state index in [1.54, 1.807) is 11.8 Å². The number of hydrogen-bond donors (Lipinski definition) is 0. The molecule has 0 radical (unpaired) electrons. The average molecular weight is 296 g/mol. The lowest BCUT2D eigenvalue weighted by Crippen LogP contribution is -2.44. The minimum Gasteiger partial charge on any atom is -0.464 e. The van der Waals surface area contributed by atoms with E-state index < -0.39 is 12.0 Å². The number of rotatable bonds is 4. The van der Waals surface area contributed by atoms with Crippen LogP contribution in [-0.4, -0.2) is 65.2 Å². The molecular formula is C13H20N4O4. The number of carbonyl (C=O) groups excluding carboxylic acids is 2. The minimum atomic E-state index is -0.538. The zero-order valence-electron chi connectivity index (χ0n) is 12.5. The Hall–Kier alpha value is -1.96. The molecule has 0 spiro atoms. The second kappa shape index (κ2) is 6.66. The van der Waals surface area contributed by atoms with E-state index in [2.05, 4.69) is 15.0 Å². The van der Waals surface area contributed by atoms with Crippen molar-refractivity contribution in [2.45, 2.75) is 26.3 Å². The topological polar surface area (TPSA) is 86.5 Å². The SMILES string of the molecule is CCc1c(C(=O)OC)nnn1C(C)C(=O)N1CCOCC1. The number of esters is 1. The van der Waals surface area contributed by atoms with Gasteiger partial charge < -0.3 is 14.4 Å². The Bertz CT molecular complexity index is 522. The molecule has 1 atom stereocenters. The van der Waals surface area contributed by atoms with Crippen LogP contribution < -0.4 is 0 Å². The van der Waals surface area contributed by atoms with Gasteiger partial charge in [-0.15, -0.1) is 5.10 Å². The summed E-state index contributed by atoms with van der Waals surface area (Å²) in [6, 6.07) is -0.510. The quantitative estimate of drug-likeness (QED) is 0.730. The second-order valence-corrected chi connectivity index (χ2v) is 4.79.